The monoisotopic (exact) mass is 304 g/mol. The van der Waals surface area contributed by atoms with E-state index < -0.39 is 0 Å². The van der Waals surface area contributed by atoms with Crippen LogP contribution in [0.2, 0.25) is 0 Å². The van der Waals surface area contributed by atoms with E-state index in [0.717, 1.165) is 37.6 Å². The second kappa shape index (κ2) is 8.44. The van der Waals surface area contributed by atoms with Gasteiger partial charge in [-0.25, -0.2) is 0 Å². The maximum Gasteiger partial charge on any atom is 0.275 e. The summed E-state index contributed by atoms with van der Waals surface area (Å²) in [6.07, 6.45) is 1.70. The number of quaternary nitrogens is 1. The van der Waals surface area contributed by atoms with E-state index in [-0.39, 0.29) is 5.91 Å². The fourth-order valence-corrected chi connectivity index (χ4v) is 2.71. The van der Waals surface area contributed by atoms with Crippen LogP contribution in [0.5, 0.6) is 5.75 Å². The van der Waals surface area contributed by atoms with Crippen LogP contribution in [0.3, 0.4) is 0 Å². The Labute approximate surface area is 132 Å². The van der Waals surface area contributed by atoms with Gasteiger partial charge in [-0.1, -0.05) is 18.2 Å². The molecule has 0 aliphatic carbocycles. The van der Waals surface area contributed by atoms with Gasteiger partial charge < -0.3 is 19.9 Å². The SMILES string of the molecule is C=CCNC(=O)C[NH+]1CCN(c2ccccc2OCC)CC1. The minimum absolute atomic E-state index is 0.0954. The Hall–Kier alpha value is -2.01. The maximum absolute atomic E-state index is 11.7. The van der Waals surface area contributed by atoms with Crippen molar-refractivity contribution in [2.75, 3.05) is 50.8 Å². The highest BCUT2D eigenvalue weighted by molar-refractivity contribution is 5.76. The molecule has 120 valence electrons. The normalized spacial score (nSPS) is 15.4. The number of carbonyl (C=O) groups is 1. The van der Waals surface area contributed by atoms with E-state index in [1.165, 1.54) is 4.90 Å². The average molecular weight is 304 g/mol. The zero-order valence-corrected chi connectivity index (χ0v) is 13.3. The molecule has 0 radical (unpaired) electrons. The van der Waals surface area contributed by atoms with Crippen LogP contribution in [0.4, 0.5) is 5.69 Å². The lowest BCUT2D eigenvalue weighted by Gasteiger charge is -2.34. The van der Waals surface area contributed by atoms with Gasteiger partial charge in [0.15, 0.2) is 6.54 Å². The molecule has 1 aromatic carbocycles. The predicted molar refractivity (Wildman–Crippen MR) is 88.6 cm³/mol. The number of ether oxygens (including phenoxy) is 1. The van der Waals surface area contributed by atoms with Gasteiger partial charge in [-0.2, -0.15) is 0 Å². The molecule has 2 rings (SSSR count). The number of anilines is 1. The molecule has 1 heterocycles. The van der Waals surface area contributed by atoms with Crippen molar-refractivity contribution < 1.29 is 14.4 Å². The number of para-hydroxylation sites is 2. The molecule has 0 aromatic heterocycles. The highest BCUT2D eigenvalue weighted by Gasteiger charge is 2.23. The van der Waals surface area contributed by atoms with Gasteiger partial charge in [0.05, 0.1) is 38.5 Å². The van der Waals surface area contributed by atoms with Crippen LogP contribution in [-0.4, -0.2) is 51.8 Å². The van der Waals surface area contributed by atoms with Gasteiger partial charge in [-0.15, -0.1) is 6.58 Å². The van der Waals surface area contributed by atoms with Gasteiger partial charge >= 0.3 is 0 Å². The second-order valence-corrected chi connectivity index (χ2v) is 5.41. The molecule has 5 nitrogen and oxygen atoms in total. The zero-order valence-electron chi connectivity index (χ0n) is 13.3. The molecule has 1 aliphatic heterocycles. The van der Waals surface area contributed by atoms with Crippen LogP contribution < -0.4 is 19.9 Å². The number of piperazine rings is 1. The fraction of sp³-hybridized carbons (Fsp3) is 0.471. The summed E-state index contributed by atoms with van der Waals surface area (Å²) in [5, 5.41) is 2.84. The lowest BCUT2D eigenvalue weighted by atomic mass is 10.2. The van der Waals surface area contributed by atoms with E-state index in [0.29, 0.717) is 19.7 Å². The van der Waals surface area contributed by atoms with Gasteiger partial charge in [-0.3, -0.25) is 4.79 Å². The molecule has 1 aliphatic rings. The Morgan fingerprint density at radius 2 is 2.14 bits per heavy atom. The molecule has 1 saturated heterocycles. The van der Waals surface area contributed by atoms with Gasteiger partial charge in [0.2, 0.25) is 0 Å². The molecule has 0 atom stereocenters. The summed E-state index contributed by atoms with van der Waals surface area (Å²) in [5.74, 6) is 1.04. The maximum atomic E-state index is 11.7. The standard InChI is InChI=1S/C17H25N3O2/c1-3-9-18-17(21)14-19-10-12-20(13-11-19)15-7-5-6-8-16(15)22-4-2/h3,5-8H,1,4,9-14H2,2H3,(H,18,21)/p+1. The molecule has 2 N–H and O–H groups in total. The van der Waals surface area contributed by atoms with Crippen molar-refractivity contribution in [1.82, 2.24) is 5.32 Å². The molecule has 22 heavy (non-hydrogen) atoms. The van der Waals surface area contributed by atoms with Crippen LogP contribution in [-0.2, 0) is 4.79 Å². The number of amides is 1. The van der Waals surface area contributed by atoms with E-state index in [4.69, 9.17) is 4.74 Å². The van der Waals surface area contributed by atoms with Crippen molar-refractivity contribution in [3.8, 4) is 5.75 Å². The average Bonchev–Trinajstić information content (AvgIpc) is 2.55. The van der Waals surface area contributed by atoms with Crippen LogP contribution in [0, 0.1) is 0 Å². The third-order valence-electron chi connectivity index (χ3n) is 3.83. The van der Waals surface area contributed by atoms with E-state index in [1.54, 1.807) is 6.08 Å². The minimum atomic E-state index is 0.0954. The minimum Gasteiger partial charge on any atom is -0.492 e. The molecule has 0 unspecified atom stereocenters. The second-order valence-electron chi connectivity index (χ2n) is 5.41. The van der Waals surface area contributed by atoms with Gasteiger partial charge in [-0.05, 0) is 19.1 Å². The molecule has 1 amide bonds. The molecule has 1 fully saturated rings. The highest BCUT2D eigenvalue weighted by atomic mass is 16.5. The summed E-state index contributed by atoms with van der Waals surface area (Å²) < 4.78 is 5.70. The Kier molecular flexibility index (Phi) is 6.27. The largest absolute Gasteiger partial charge is 0.492 e. The summed E-state index contributed by atoms with van der Waals surface area (Å²) in [6, 6.07) is 8.16. The molecule has 5 heteroatoms. The van der Waals surface area contributed by atoms with Gasteiger partial charge in [0.25, 0.3) is 5.91 Å². The Bertz CT molecular complexity index is 496. The number of nitrogens with one attached hydrogen (secondary N) is 2. The Balaban J connectivity index is 1.87. The first kappa shape index (κ1) is 16.4. The molecular weight excluding hydrogens is 278 g/mol. The Morgan fingerprint density at radius 1 is 1.41 bits per heavy atom. The van der Waals surface area contributed by atoms with Crippen molar-refractivity contribution in [2.45, 2.75) is 6.92 Å². The number of nitrogens with zero attached hydrogens (tertiary/aromatic N) is 1. The number of benzene rings is 1. The number of hydrogen-bond acceptors (Lipinski definition) is 3. The number of hydrogen-bond donors (Lipinski definition) is 2. The van der Waals surface area contributed by atoms with Crippen molar-refractivity contribution in [3.05, 3.63) is 36.9 Å². The molecule has 0 saturated carbocycles. The first-order chi connectivity index (χ1) is 10.7. The third kappa shape index (κ3) is 4.49. The summed E-state index contributed by atoms with van der Waals surface area (Å²) in [5.41, 5.74) is 1.15. The Morgan fingerprint density at radius 3 is 2.82 bits per heavy atom. The fourth-order valence-electron chi connectivity index (χ4n) is 2.71. The zero-order chi connectivity index (χ0) is 15.8. The number of rotatable bonds is 7. The lowest BCUT2D eigenvalue weighted by Crippen LogP contribution is -3.15. The third-order valence-corrected chi connectivity index (χ3v) is 3.83. The molecular formula is C17H26N3O2+. The lowest BCUT2D eigenvalue weighted by molar-refractivity contribution is -0.892. The van der Waals surface area contributed by atoms with Crippen LogP contribution in [0.1, 0.15) is 6.92 Å². The van der Waals surface area contributed by atoms with Crippen molar-refractivity contribution in [1.29, 1.82) is 0 Å². The number of carbonyl (C=O) groups excluding carboxylic acids is 1. The summed E-state index contributed by atoms with van der Waals surface area (Å²) in [6.45, 7) is 11.2. The first-order valence-electron chi connectivity index (χ1n) is 7.92. The summed E-state index contributed by atoms with van der Waals surface area (Å²) in [4.78, 5) is 15.4. The summed E-state index contributed by atoms with van der Waals surface area (Å²) in [7, 11) is 0. The van der Waals surface area contributed by atoms with Crippen molar-refractivity contribution in [2.24, 2.45) is 0 Å². The molecule has 1 aromatic rings. The van der Waals surface area contributed by atoms with Gasteiger partial charge in [0.1, 0.15) is 5.75 Å². The molecule has 0 bridgehead atoms. The van der Waals surface area contributed by atoms with Gasteiger partial charge in [0, 0.05) is 6.54 Å². The van der Waals surface area contributed by atoms with Crippen LogP contribution in [0.15, 0.2) is 36.9 Å². The highest BCUT2D eigenvalue weighted by Crippen LogP contribution is 2.27. The predicted octanol–water partition coefficient (Wildman–Crippen LogP) is 0.0924. The topological polar surface area (TPSA) is 46.0 Å². The van der Waals surface area contributed by atoms with Crippen molar-refractivity contribution in [3.63, 3.8) is 0 Å². The first-order valence-corrected chi connectivity index (χ1v) is 7.92. The van der Waals surface area contributed by atoms with E-state index in [2.05, 4.69) is 22.9 Å². The van der Waals surface area contributed by atoms with E-state index in [9.17, 15) is 4.79 Å². The van der Waals surface area contributed by atoms with Crippen LogP contribution in [0.25, 0.3) is 0 Å². The summed E-state index contributed by atoms with van der Waals surface area (Å²) >= 11 is 0. The smallest absolute Gasteiger partial charge is 0.275 e. The van der Waals surface area contributed by atoms with E-state index >= 15 is 0 Å². The quantitative estimate of drug-likeness (QED) is 0.702. The van der Waals surface area contributed by atoms with E-state index in [1.807, 2.05) is 25.1 Å². The van der Waals surface area contributed by atoms with Crippen LogP contribution >= 0.6 is 0 Å². The van der Waals surface area contributed by atoms with Crippen molar-refractivity contribution >= 4 is 11.6 Å². The molecule has 0 spiro atoms.